The van der Waals surface area contributed by atoms with Crippen molar-refractivity contribution in [2.45, 2.75) is 27.7 Å². The van der Waals surface area contributed by atoms with Crippen LogP contribution in [0.25, 0.3) is 0 Å². The fraction of sp³-hybridized carbons (Fsp3) is 0.385. The molecular weight excluding hydrogens is 202 g/mol. The Kier molecular flexibility index (Phi) is 3.48. The molecule has 0 saturated carbocycles. The minimum atomic E-state index is -0.468. The maximum Gasteiger partial charge on any atom is 0.229 e. The van der Waals surface area contributed by atoms with Gasteiger partial charge in [-0.1, -0.05) is 32.9 Å². The first-order valence-corrected chi connectivity index (χ1v) is 5.24. The van der Waals surface area contributed by atoms with E-state index in [0.717, 1.165) is 0 Å². The molecule has 0 spiro atoms. The van der Waals surface area contributed by atoms with Crippen molar-refractivity contribution < 1.29 is 9.59 Å². The number of rotatable bonds is 2. The van der Waals surface area contributed by atoms with Gasteiger partial charge in [0.15, 0.2) is 5.78 Å². The van der Waals surface area contributed by atoms with Gasteiger partial charge in [0.25, 0.3) is 0 Å². The lowest BCUT2D eigenvalue weighted by Gasteiger charge is -2.18. The van der Waals surface area contributed by atoms with Gasteiger partial charge in [-0.05, 0) is 19.1 Å². The molecule has 1 amide bonds. The Morgan fingerprint density at radius 3 is 2.19 bits per heavy atom. The molecule has 3 heteroatoms. The summed E-state index contributed by atoms with van der Waals surface area (Å²) in [5.41, 5.74) is 0.652. The summed E-state index contributed by atoms with van der Waals surface area (Å²) in [6, 6.07) is 7.02. The van der Waals surface area contributed by atoms with Crippen LogP contribution >= 0.6 is 0 Å². The Morgan fingerprint density at radius 1 is 1.12 bits per heavy atom. The maximum atomic E-state index is 11.8. The number of amides is 1. The van der Waals surface area contributed by atoms with Crippen molar-refractivity contribution in [2.24, 2.45) is 5.41 Å². The first kappa shape index (κ1) is 12.4. The number of para-hydroxylation sites is 1. The van der Waals surface area contributed by atoms with Crippen LogP contribution in [0, 0.1) is 5.41 Å². The lowest BCUT2D eigenvalue weighted by molar-refractivity contribution is -0.123. The number of carbonyl (C=O) groups excluding carboxylic acids is 2. The van der Waals surface area contributed by atoms with Gasteiger partial charge < -0.3 is 5.32 Å². The van der Waals surface area contributed by atoms with Crippen LogP contribution in [0.15, 0.2) is 24.3 Å². The van der Waals surface area contributed by atoms with Gasteiger partial charge in [0.2, 0.25) is 5.91 Å². The highest BCUT2D eigenvalue weighted by molar-refractivity contribution is 6.04. The zero-order valence-electron chi connectivity index (χ0n) is 10.1. The molecule has 0 fully saturated rings. The van der Waals surface area contributed by atoms with Gasteiger partial charge in [0, 0.05) is 11.0 Å². The van der Waals surface area contributed by atoms with E-state index in [4.69, 9.17) is 0 Å². The fourth-order valence-corrected chi connectivity index (χ4v) is 1.21. The van der Waals surface area contributed by atoms with Gasteiger partial charge >= 0.3 is 0 Å². The number of ketones is 1. The van der Waals surface area contributed by atoms with Gasteiger partial charge in [0.05, 0.1) is 5.69 Å². The number of anilines is 1. The molecule has 1 rings (SSSR count). The van der Waals surface area contributed by atoms with Crippen LogP contribution in [0.2, 0.25) is 0 Å². The number of hydrogen-bond donors (Lipinski definition) is 1. The van der Waals surface area contributed by atoms with Gasteiger partial charge in [0.1, 0.15) is 0 Å². The van der Waals surface area contributed by atoms with E-state index in [2.05, 4.69) is 5.32 Å². The number of nitrogens with one attached hydrogen (secondary N) is 1. The van der Waals surface area contributed by atoms with Crippen LogP contribution in [-0.4, -0.2) is 11.7 Å². The molecule has 0 heterocycles. The van der Waals surface area contributed by atoms with Crippen molar-refractivity contribution in [3.8, 4) is 0 Å². The van der Waals surface area contributed by atoms with Crippen molar-refractivity contribution in [1.82, 2.24) is 0 Å². The van der Waals surface area contributed by atoms with Gasteiger partial charge in [-0.15, -0.1) is 0 Å². The summed E-state index contributed by atoms with van der Waals surface area (Å²) in [5, 5.41) is 2.77. The molecule has 0 saturated heterocycles. The van der Waals surface area contributed by atoms with E-state index in [1.54, 1.807) is 24.3 Å². The van der Waals surface area contributed by atoms with E-state index in [0.29, 0.717) is 11.3 Å². The molecule has 0 aliphatic heterocycles. The highest BCUT2D eigenvalue weighted by atomic mass is 16.2. The lowest BCUT2D eigenvalue weighted by Crippen LogP contribution is -2.28. The molecule has 1 aromatic carbocycles. The average molecular weight is 219 g/mol. The standard InChI is InChI=1S/C13H17NO2/c1-9(15)10-7-5-6-8-11(10)14-12(16)13(2,3)4/h5-8H,1-4H3,(H,14,16). The van der Waals surface area contributed by atoms with Gasteiger partial charge in [-0.2, -0.15) is 0 Å². The van der Waals surface area contributed by atoms with Crippen LogP contribution in [0.5, 0.6) is 0 Å². The Bertz CT molecular complexity index is 416. The monoisotopic (exact) mass is 219 g/mol. The van der Waals surface area contributed by atoms with Gasteiger partial charge in [-0.25, -0.2) is 0 Å². The van der Waals surface area contributed by atoms with Crippen molar-refractivity contribution in [1.29, 1.82) is 0 Å². The summed E-state index contributed by atoms with van der Waals surface area (Å²) in [6.45, 7) is 6.98. The first-order valence-electron chi connectivity index (χ1n) is 5.24. The molecule has 16 heavy (non-hydrogen) atoms. The van der Waals surface area contributed by atoms with E-state index in [-0.39, 0.29) is 11.7 Å². The molecule has 1 N–H and O–H groups in total. The summed E-state index contributed by atoms with van der Waals surface area (Å²) in [5.74, 6) is -0.147. The van der Waals surface area contributed by atoms with Crippen LogP contribution in [0.3, 0.4) is 0 Å². The predicted molar refractivity (Wildman–Crippen MR) is 64.5 cm³/mol. The Balaban J connectivity index is 2.98. The third-order valence-electron chi connectivity index (χ3n) is 2.24. The predicted octanol–water partition coefficient (Wildman–Crippen LogP) is 2.87. The Labute approximate surface area is 95.9 Å². The summed E-state index contributed by atoms with van der Waals surface area (Å²) >= 11 is 0. The average Bonchev–Trinajstić information content (AvgIpc) is 2.16. The first-order chi connectivity index (χ1) is 7.32. The minimum absolute atomic E-state index is 0.0511. The quantitative estimate of drug-likeness (QED) is 0.777. The Morgan fingerprint density at radius 2 is 1.69 bits per heavy atom. The van der Waals surface area contributed by atoms with Crippen LogP contribution in [0.1, 0.15) is 38.1 Å². The molecule has 1 aromatic rings. The molecule has 0 aromatic heterocycles. The largest absolute Gasteiger partial charge is 0.325 e. The lowest BCUT2D eigenvalue weighted by atomic mass is 9.95. The van der Waals surface area contributed by atoms with E-state index in [1.807, 2.05) is 20.8 Å². The Hall–Kier alpha value is -1.64. The van der Waals surface area contributed by atoms with E-state index >= 15 is 0 Å². The summed E-state index contributed by atoms with van der Waals surface area (Å²) in [6.07, 6.45) is 0. The fourth-order valence-electron chi connectivity index (χ4n) is 1.21. The summed E-state index contributed by atoms with van der Waals surface area (Å²) in [4.78, 5) is 23.1. The third kappa shape index (κ3) is 2.92. The van der Waals surface area contributed by atoms with E-state index in [1.165, 1.54) is 6.92 Å². The normalized spacial score (nSPS) is 11.0. The van der Waals surface area contributed by atoms with E-state index in [9.17, 15) is 9.59 Å². The van der Waals surface area contributed by atoms with Crippen LogP contribution < -0.4 is 5.32 Å². The summed E-state index contributed by atoms with van der Waals surface area (Å²) < 4.78 is 0. The molecule has 0 bridgehead atoms. The maximum absolute atomic E-state index is 11.8. The second-order valence-corrected chi connectivity index (χ2v) is 4.81. The molecule has 0 radical (unpaired) electrons. The minimum Gasteiger partial charge on any atom is -0.325 e. The highest BCUT2D eigenvalue weighted by Gasteiger charge is 2.22. The number of benzene rings is 1. The SMILES string of the molecule is CC(=O)c1ccccc1NC(=O)C(C)(C)C. The van der Waals surface area contributed by atoms with Crippen molar-refractivity contribution in [3.63, 3.8) is 0 Å². The molecule has 0 unspecified atom stereocenters. The highest BCUT2D eigenvalue weighted by Crippen LogP contribution is 2.20. The number of carbonyl (C=O) groups is 2. The second-order valence-electron chi connectivity index (χ2n) is 4.81. The molecule has 0 atom stereocenters. The topological polar surface area (TPSA) is 46.2 Å². The molecule has 86 valence electrons. The van der Waals surface area contributed by atoms with Crippen molar-refractivity contribution in [2.75, 3.05) is 5.32 Å². The van der Waals surface area contributed by atoms with Crippen molar-refractivity contribution in [3.05, 3.63) is 29.8 Å². The molecule has 0 aliphatic rings. The molecule has 0 aliphatic carbocycles. The number of Topliss-reactive ketones (excluding diaryl/α,β-unsaturated/α-hetero) is 1. The zero-order valence-corrected chi connectivity index (χ0v) is 10.1. The zero-order chi connectivity index (χ0) is 12.3. The molecule has 3 nitrogen and oxygen atoms in total. The summed E-state index contributed by atoms with van der Waals surface area (Å²) in [7, 11) is 0. The van der Waals surface area contributed by atoms with E-state index < -0.39 is 5.41 Å². The smallest absolute Gasteiger partial charge is 0.229 e. The number of hydrogen-bond acceptors (Lipinski definition) is 2. The van der Waals surface area contributed by atoms with Crippen LogP contribution in [0.4, 0.5) is 5.69 Å². The van der Waals surface area contributed by atoms with Gasteiger partial charge in [-0.3, -0.25) is 9.59 Å². The third-order valence-corrected chi connectivity index (χ3v) is 2.24. The molecular formula is C13H17NO2. The van der Waals surface area contributed by atoms with Crippen molar-refractivity contribution >= 4 is 17.4 Å². The van der Waals surface area contributed by atoms with Crippen LogP contribution in [-0.2, 0) is 4.79 Å². The second kappa shape index (κ2) is 4.47.